The Morgan fingerprint density at radius 3 is 2.58 bits per heavy atom. The van der Waals surface area contributed by atoms with Gasteiger partial charge in [0.2, 0.25) is 5.91 Å². The van der Waals surface area contributed by atoms with Crippen LogP contribution in [0.1, 0.15) is 58.2 Å². The van der Waals surface area contributed by atoms with Crippen LogP contribution in [-0.4, -0.2) is 21.9 Å². The zero-order chi connectivity index (χ0) is 19.2. The molecule has 0 N–H and O–H groups in total. The second-order valence-corrected chi connectivity index (χ2v) is 8.38. The number of benzene rings is 1. The number of amides is 1. The fourth-order valence-corrected chi connectivity index (χ4v) is 3.27. The first kappa shape index (κ1) is 20.6. The summed E-state index contributed by atoms with van der Waals surface area (Å²) in [7, 11) is 0. The third kappa shape index (κ3) is 5.91. The van der Waals surface area contributed by atoms with Crippen LogP contribution in [0.5, 0.6) is 0 Å². The van der Waals surface area contributed by atoms with E-state index in [0.29, 0.717) is 6.54 Å². The Hall–Kier alpha value is -1.74. The standard InChI is InChI=1S/C22H31ClN2O/c1-5-6-7-13-25(21(26)22(2,3)4)17-20-12-9-14-24(20)16-18-10-8-11-19(23)15-18/h8-12,14-15H,5-7,13,16-17H2,1-4H3. The summed E-state index contributed by atoms with van der Waals surface area (Å²) in [4.78, 5) is 14.9. The summed E-state index contributed by atoms with van der Waals surface area (Å²) in [5.41, 5.74) is 1.95. The molecule has 1 amide bonds. The summed E-state index contributed by atoms with van der Waals surface area (Å²) in [5, 5.41) is 0.750. The van der Waals surface area contributed by atoms with E-state index in [1.54, 1.807) is 0 Å². The predicted molar refractivity (Wildman–Crippen MR) is 109 cm³/mol. The minimum Gasteiger partial charge on any atom is -0.345 e. The second kappa shape index (κ2) is 9.27. The molecule has 0 fully saturated rings. The summed E-state index contributed by atoms with van der Waals surface area (Å²) < 4.78 is 2.20. The smallest absolute Gasteiger partial charge is 0.228 e. The number of halogens is 1. The number of rotatable bonds is 8. The van der Waals surface area contributed by atoms with Gasteiger partial charge in [-0.15, -0.1) is 0 Å². The molecule has 0 spiro atoms. The molecule has 0 atom stereocenters. The van der Waals surface area contributed by atoms with Crippen molar-refractivity contribution >= 4 is 17.5 Å². The van der Waals surface area contributed by atoms with E-state index in [1.165, 1.54) is 0 Å². The summed E-state index contributed by atoms with van der Waals surface area (Å²) in [6.45, 7) is 10.4. The SMILES string of the molecule is CCCCCN(Cc1cccn1Cc1cccc(Cl)c1)C(=O)C(C)(C)C. The lowest BCUT2D eigenvalue weighted by molar-refractivity contribution is -0.140. The van der Waals surface area contributed by atoms with E-state index < -0.39 is 0 Å². The Labute approximate surface area is 163 Å². The average molecular weight is 375 g/mol. The van der Waals surface area contributed by atoms with Crippen molar-refractivity contribution in [2.75, 3.05) is 6.54 Å². The molecule has 1 aromatic carbocycles. The van der Waals surface area contributed by atoms with Gasteiger partial charge in [-0.05, 0) is 36.2 Å². The molecule has 2 aromatic rings. The highest BCUT2D eigenvalue weighted by atomic mass is 35.5. The molecule has 0 aliphatic heterocycles. The van der Waals surface area contributed by atoms with Gasteiger partial charge >= 0.3 is 0 Å². The molecule has 1 aromatic heterocycles. The average Bonchev–Trinajstić information content (AvgIpc) is 2.99. The van der Waals surface area contributed by atoms with Crippen LogP contribution >= 0.6 is 11.6 Å². The molecule has 4 heteroatoms. The van der Waals surface area contributed by atoms with Crippen LogP contribution in [0.2, 0.25) is 5.02 Å². The molecule has 142 valence electrons. The van der Waals surface area contributed by atoms with E-state index in [-0.39, 0.29) is 11.3 Å². The quantitative estimate of drug-likeness (QED) is 0.539. The maximum Gasteiger partial charge on any atom is 0.228 e. The Kier molecular flexibility index (Phi) is 7.33. The van der Waals surface area contributed by atoms with Crippen molar-refractivity contribution in [1.29, 1.82) is 0 Å². The molecule has 0 aliphatic rings. The third-order valence-corrected chi connectivity index (χ3v) is 4.71. The molecule has 2 rings (SSSR count). The van der Waals surface area contributed by atoms with Gasteiger partial charge in [-0.3, -0.25) is 4.79 Å². The van der Waals surface area contributed by atoms with Crippen molar-refractivity contribution in [3.8, 4) is 0 Å². The molecule has 0 bridgehead atoms. The fourth-order valence-electron chi connectivity index (χ4n) is 3.05. The molecule has 1 heterocycles. The van der Waals surface area contributed by atoms with Crippen LogP contribution in [0.3, 0.4) is 0 Å². The summed E-state index contributed by atoms with van der Waals surface area (Å²) in [6.07, 6.45) is 5.43. The van der Waals surface area contributed by atoms with Crippen molar-refractivity contribution in [2.24, 2.45) is 5.41 Å². The molecule has 26 heavy (non-hydrogen) atoms. The summed E-state index contributed by atoms with van der Waals surface area (Å²) in [6, 6.07) is 12.1. The number of nitrogens with zero attached hydrogens (tertiary/aromatic N) is 2. The summed E-state index contributed by atoms with van der Waals surface area (Å²) in [5.74, 6) is 0.212. The molecule has 0 radical (unpaired) electrons. The Bertz CT molecular complexity index is 715. The van der Waals surface area contributed by atoms with Crippen molar-refractivity contribution in [1.82, 2.24) is 9.47 Å². The van der Waals surface area contributed by atoms with Gasteiger partial charge in [0.1, 0.15) is 0 Å². The minimum absolute atomic E-state index is 0.212. The highest BCUT2D eigenvalue weighted by Gasteiger charge is 2.27. The van der Waals surface area contributed by atoms with Crippen LogP contribution < -0.4 is 0 Å². The first-order valence-electron chi connectivity index (χ1n) is 9.49. The van der Waals surface area contributed by atoms with Crippen molar-refractivity contribution < 1.29 is 4.79 Å². The lowest BCUT2D eigenvalue weighted by atomic mass is 9.94. The van der Waals surface area contributed by atoms with Crippen molar-refractivity contribution in [3.63, 3.8) is 0 Å². The Morgan fingerprint density at radius 2 is 1.92 bits per heavy atom. The zero-order valence-electron chi connectivity index (χ0n) is 16.5. The van der Waals surface area contributed by atoms with Crippen LogP contribution in [0.25, 0.3) is 0 Å². The molecule has 3 nitrogen and oxygen atoms in total. The molecule has 0 saturated carbocycles. The zero-order valence-corrected chi connectivity index (χ0v) is 17.2. The number of hydrogen-bond acceptors (Lipinski definition) is 1. The topological polar surface area (TPSA) is 25.2 Å². The number of carbonyl (C=O) groups is 1. The van der Waals surface area contributed by atoms with Crippen LogP contribution in [0, 0.1) is 5.41 Å². The fraction of sp³-hybridized carbons (Fsp3) is 0.500. The van der Waals surface area contributed by atoms with E-state index in [2.05, 4.69) is 29.8 Å². The van der Waals surface area contributed by atoms with Gasteiger partial charge in [-0.1, -0.05) is 64.3 Å². The van der Waals surface area contributed by atoms with Gasteiger partial charge < -0.3 is 9.47 Å². The Morgan fingerprint density at radius 1 is 1.15 bits per heavy atom. The number of unbranched alkanes of at least 4 members (excludes halogenated alkanes) is 2. The number of aromatic nitrogens is 1. The second-order valence-electron chi connectivity index (χ2n) is 7.94. The van der Waals surface area contributed by atoms with E-state index in [0.717, 1.165) is 48.6 Å². The predicted octanol–water partition coefficient (Wildman–Crippen LogP) is 5.75. The van der Waals surface area contributed by atoms with E-state index >= 15 is 0 Å². The van der Waals surface area contributed by atoms with Crippen LogP contribution in [0.4, 0.5) is 0 Å². The molecule has 0 aliphatic carbocycles. The molecular formula is C22H31ClN2O. The van der Waals surface area contributed by atoms with Gasteiger partial charge in [0.15, 0.2) is 0 Å². The van der Waals surface area contributed by atoms with E-state index in [1.807, 2.05) is 49.9 Å². The van der Waals surface area contributed by atoms with Crippen LogP contribution in [0.15, 0.2) is 42.6 Å². The van der Waals surface area contributed by atoms with Crippen molar-refractivity contribution in [3.05, 3.63) is 58.9 Å². The van der Waals surface area contributed by atoms with Crippen LogP contribution in [-0.2, 0) is 17.9 Å². The van der Waals surface area contributed by atoms with Gasteiger partial charge in [-0.25, -0.2) is 0 Å². The first-order valence-corrected chi connectivity index (χ1v) is 9.87. The number of hydrogen-bond donors (Lipinski definition) is 0. The molecular weight excluding hydrogens is 344 g/mol. The first-order chi connectivity index (χ1) is 12.3. The number of carbonyl (C=O) groups excluding carboxylic acids is 1. The minimum atomic E-state index is -0.364. The Balaban J connectivity index is 2.15. The maximum atomic E-state index is 12.9. The highest BCUT2D eigenvalue weighted by molar-refractivity contribution is 6.30. The monoisotopic (exact) mass is 374 g/mol. The van der Waals surface area contributed by atoms with E-state index in [9.17, 15) is 4.79 Å². The third-order valence-electron chi connectivity index (χ3n) is 4.48. The van der Waals surface area contributed by atoms with Gasteiger partial charge in [0.05, 0.1) is 6.54 Å². The molecule has 0 saturated heterocycles. The van der Waals surface area contributed by atoms with Gasteiger partial charge in [0, 0.05) is 35.4 Å². The van der Waals surface area contributed by atoms with E-state index in [4.69, 9.17) is 11.6 Å². The lowest BCUT2D eigenvalue weighted by Crippen LogP contribution is -2.40. The van der Waals surface area contributed by atoms with Gasteiger partial charge in [-0.2, -0.15) is 0 Å². The summed E-state index contributed by atoms with van der Waals surface area (Å²) >= 11 is 6.11. The van der Waals surface area contributed by atoms with Gasteiger partial charge in [0.25, 0.3) is 0 Å². The van der Waals surface area contributed by atoms with Crippen molar-refractivity contribution in [2.45, 2.75) is 60.0 Å². The molecule has 0 unspecified atom stereocenters. The normalized spacial score (nSPS) is 11.6. The largest absolute Gasteiger partial charge is 0.345 e. The lowest BCUT2D eigenvalue weighted by Gasteiger charge is -2.30. The highest BCUT2D eigenvalue weighted by Crippen LogP contribution is 2.21. The maximum absolute atomic E-state index is 12.9.